The number of rotatable bonds is 4. The molecular formula is C16H17FN2O2. The van der Waals surface area contributed by atoms with E-state index in [1.807, 2.05) is 0 Å². The molecule has 0 aromatic heterocycles. The van der Waals surface area contributed by atoms with Crippen LogP contribution in [0.1, 0.15) is 11.1 Å². The minimum atomic E-state index is -0.796. The van der Waals surface area contributed by atoms with Crippen molar-refractivity contribution in [2.24, 2.45) is 5.73 Å². The number of carbonyl (C=O) groups is 1. The van der Waals surface area contributed by atoms with Crippen molar-refractivity contribution in [2.45, 2.75) is 19.4 Å². The van der Waals surface area contributed by atoms with Gasteiger partial charge < -0.3 is 16.2 Å². The summed E-state index contributed by atoms with van der Waals surface area (Å²) in [7, 11) is 0. The van der Waals surface area contributed by atoms with E-state index in [1.54, 1.807) is 25.1 Å². The van der Waals surface area contributed by atoms with E-state index in [0.29, 0.717) is 6.42 Å². The Balaban J connectivity index is 2.00. The number of carbonyl (C=O) groups excluding carboxylic acids is 1. The number of aromatic hydroxyl groups is 1. The minimum Gasteiger partial charge on any atom is -0.508 e. The van der Waals surface area contributed by atoms with Crippen LogP contribution in [0, 0.1) is 12.7 Å². The summed E-state index contributed by atoms with van der Waals surface area (Å²) < 4.78 is 13.7. The van der Waals surface area contributed by atoms with Gasteiger partial charge in [0.05, 0.1) is 11.7 Å². The van der Waals surface area contributed by atoms with Crippen LogP contribution < -0.4 is 11.1 Å². The number of benzene rings is 2. The number of halogens is 1. The molecule has 0 radical (unpaired) electrons. The Hall–Kier alpha value is -2.40. The fraction of sp³-hybridized carbons (Fsp3) is 0.188. The number of hydrogen-bond acceptors (Lipinski definition) is 3. The molecule has 1 atom stereocenters. The van der Waals surface area contributed by atoms with Crippen molar-refractivity contribution in [1.82, 2.24) is 0 Å². The van der Waals surface area contributed by atoms with Crippen LogP contribution in [0.3, 0.4) is 0 Å². The fourth-order valence-electron chi connectivity index (χ4n) is 1.93. The molecule has 0 saturated heterocycles. The SMILES string of the molecule is Cc1ccc(NC(=O)[C@@H](N)Cc2ccc(O)cc2)c(F)c1. The lowest BCUT2D eigenvalue weighted by molar-refractivity contribution is -0.117. The quantitative estimate of drug-likeness (QED) is 0.808. The number of phenols is 1. The van der Waals surface area contributed by atoms with Gasteiger partial charge in [-0.3, -0.25) is 4.79 Å². The van der Waals surface area contributed by atoms with Gasteiger partial charge in [-0.2, -0.15) is 0 Å². The number of hydrogen-bond donors (Lipinski definition) is 3. The molecule has 2 aromatic carbocycles. The largest absolute Gasteiger partial charge is 0.508 e. The van der Waals surface area contributed by atoms with Crippen LogP contribution in [-0.4, -0.2) is 17.1 Å². The zero-order valence-electron chi connectivity index (χ0n) is 11.6. The predicted molar refractivity (Wildman–Crippen MR) is 79.6 cm³/mol. The highest BCUT2D eigenvalue weighted by atomic mass is 19.1. The van der Waals surface area contributed by atoms with Gasteiger partial charge in [0.2, 0.25) is 5.91 Å². The van der Waals surface area contributed by atoms with Gasteiger partial charge in [0.25, 0.3) is 0 Å². The van der Waals surface area contributed by atoms with E-state index < -0.39 is 17.8 Å². The number of aryl methyl sites for hydroxylation is 1. The Labute approximate surface area is 122 Å². The zero-order chi connectivity index (χ0) is 15.4. The summed E-state index contributed by atoms with van der Waals surface area (Å²) in [5.74, 6) is -0.787. The molecule has 21 heavy (non-hydrogen) atoms. The maximum Gasteiger partial charge on any atom is 0.241 e. The number of nitrogens with one attached hydrogen (secondary N) is 1. The summed E-state index contributed by atoms with van der Waals surface area (Å²) >= 11 is 0. The van der Waals surface area contributed by atoms with E-state index in [1.165, 1.54) is 24.3 Å². The highest BCUT2D eigenvalue weighted by Crippen LogP contribution is 2.16. The molecule has 4 N–H and O–H groups in total. The molecule has 0 heterocycles. The Bertz CT molecular complexity index is 641. The van der Waals surface area contributed by atoms with Crippen LogP contribution in [0.15, 0.2) is 42.5 Å². The lowest BCUT2D eigenvalue weighted by atomic mass is 10.1. The predicted octanol–water partition coefficient (Wildman–Crippen LogP) is 2.35. The van der Waals surface area contributed by atoms with Crippen LogP contribution in [0.5, 0.6) is 5.75 Å². The highest BCUT2D eigenvalue weighted by molar-refractivity contribution is 5.95. The Morgan fingerprint density at radius 3 is 2.57 bits per heavy atom. The molecule has 0 saturated carbocycles. The average molecular weight is 288 g/mol. The van der Waals surface area contributed by atoms with Gasteiger partial charge in [-0.25, -0.2) is 4.39 Å². The maximum atomic E-state index is 13.7. The molecule has 0 aliphatic heterocycles. The first-order valence-corrected chi connectivity index (χ1v) is 6.56. The fourth-order valence-corrected chi connectivity index (χ4v) is 1.93. The van der Waals surface area contributed by atoms with Gasteiger partial charge in [0.1, 0.15) is 11.6 Å². The van der Waals surface area contributed by atoms with Gasteiger partial charge in [-0.15, -0.1) is 0 Å². The molecule has 0 bridgehead atoms. The second-order valence-corrected chi connectivity index (χ2v) is 4.95. The van der Waals surface area contributed by atoms with E-state index in [9.17, 15) is 14.3 Å². The second-order valence-electron chi connectivity index (χ2n) is 4.95. The third-order valence-electron chi connectivity index (χ3n) is 3.11. The number of phenolic OH excluding ortho intramolecular Hbond substituents is 1. The second kappa shape index (κ2) is 6.37. The van der Waals surface area contributed by atoms with E-state index >= 15 is 0 Å². The molecule has 110 valence electrons. The highest BCUT2D eigenvalue weighted by Gasteiger charge is 2.16. The Morgan fingerprint density at radius 1 is 1.29 bits per heavy atom. The summed E-state index contributed by atoms with van der Waals surface area (Å²) in [6, 6.07) is 10.2. The van der Waals surface area contributed by atoms with Crippen LogP contribution >= 0.6 is 0 Å². The monoisotopic (exact) mass is 288 g/mol. The summed E-state index contributed by atoms with van der Waals surface area (Å²) in [5.41, 5.74) is 7.53. The van der Waals surface area contributed by atoms with Crippen molar-refractivity contribution in [3.05, 3.63) is 59.4 Å². The number of nitrogens with two attached hydrogens (primary N) is 1. The van der Waals surface area contributed by atoms with Crippen LogP contribution in [0.2, 0.25) is 0 Å². The maximum absolute atomic E-state index is 13.7. The van der Waals surface area contributed by atoms with Crippen molar-refractivity contribution < 1.29 is 14.3 Å². The van der Waals surface area contributed by atoms with Crippen molar-refractivity contribution in [1.29, 1.82) is 0 Å². The molecule has 5 heteroatoms. The third-order valence-corrected chi connectivity index (χ3v) is 3.11. The van der Waals surface area contributed by atoms with E-state index in [0.717, 1.165) is 11.1 Å². The topological polar surface area (TPSA) is 75.4 Å². The third kappa shape index (κ3) is 4.03. The van der Waals surface area contributed by atoms with Gasteiger partial charge in [-0.1, -0.05) is 18.2 Å². The summed E-state index contributed by atoms with van der Waals surface area (Å²) in [4.78, 5) is 12.0. The summed E-state index contributed by atoms with van der Waals surface area (Å²) in [6.45, 7) is 1.77. The molecule has 2 aromatic rings. The average Bonchev–Trinajstić information content (AvgIpc) is 2.44. The lowest BCUT2D eigenvalue weighted by Gasteiger charge is -2.13. The molecule has 0 unspecified atom stereocenters. The molecule has 2 rings (SSSR count). The zero-order valence-corrected chi connectivity index (χ0v) is 11.6. The first kappa shape index (κ1) is 15.0. The van der Waals surface area contributed by atoms with Crippen molar-refractivity contribution in [3.8, 4) is 5.75 Å². The van der Waals surface area contributed by atoms with Crippen molar-refractivity contribution in [3.63, 3.8) is 0 Å². The van der Waals surface area contributed by atoms with E-state index in [4.69, 9.17) is 5.73 Å². The van der Waals surface area contributed by atoms with Gasteiger partial charge in [0, 0.05) is 0 Å². The normalized spacial score (nSPS) is 12.0. The minimum absolute atomic E-state index is 0.117. The molecule has 4 nitrogen and oxygen atoms in total. The molecule has 0 aliphatic carbocycles. The standard InChI is InChI=1S/C16H17FN2O2/c1-10-2-7-15(13(17)8-10)19-16(21)14(18)9-11-3-5-12(20)6-4-11/h2-8,14,20H,9,18H2,1H3,(H,19,21)/t14-/m0/s1. The molecule has 0 spiro atoms. The first-order chi connectivity index (χ1) is 9.95. The number of anilines is 1. The van der Waals surface area contributed by atoms with Crippen LogP contribution in [0.4, 0.5) is 10.1 Å². The first-order valence-electron chi connectivity index (χ1n) is 6.56. The molecule has 0 fully saturated rings. The van der Waals surface area contributed by atoms with Crippen LogP contribution in [0.25, 0.3) is 0 Å². The smallest absolute Gasteiger partial charge is 0.241 e. The summed E-state index contributed by atoms with van der Waals surface area (Å²) in [5, 5.41) is 11.7. The summed E-state index contributed by atoms with van der Waals surface area (Å²) in [6.07, 6.45) is 0.305. The van der Waals surface area contributed by atoms with Gasteiger partial charge >= 0.3 is 0 Å². The molecule has 0 aliphatic rings. The Kier molecular flexibility index (Phi) is 4.55. The molecular weight excluding hydrogens is 271 g/mol. The van der Waals surface area contributed by atoms with E-state index in [2.05, 4.69) is 5.32 Å². The van der Waals surface area contributed by atoms with Gasteiger partial charge in [0.15, 0.2) is 0 Å². The van der Waals surface area contributed by atoms with Gasteiger partial charge in [-0.05, 0) is 48.7 Å². The van der Waals surface area contributed by atoms with Crippen molar-refractivity contribution >= 4 is 11.6 Å². The van der Waals surface area contributed by atoms with Crippen molar-refractivity contribution in [2.75, 3.05) is 5.32 Å². The van der Waals surface area contributed by atoms with Crippen LogP contribution in [-0.2, 0) is 11.2 Å². The molecule has 1 amide bonds. The van der Waals surface area contributed by atoms with E-state index in [-0.39, 0.29) is 11.4 Å². The Morgan fingerprint density at radius 2 is 1.95 bits per heavy atom. The number of amides is 1. The lowest BCUT2D eigenvalue weighted by Crippen LogP contribution is -2.37.